The number of fused-ring (bicyclic) bond motifs is 1. The van der Waals surface area contributed by atoms with E-state index < -0.39 is 29.8 Å². The van der Waals surface area contributed by atoms with Crippen LogP contribution in [0.2, 0.25) is 0 Å². The molecule has 0 unspecified atom stereocenters. The molecule has 0 saturated carbocycles. The van der Waals surface area contributed by atoms with Gasteiger partial charge in [-0.25, -0.2) is 9.78 Å². The van der Waals surface area contributed by atoms with Gasteiger partial charge in [0.05, 0.1) is 33.5 Å². The first-order valence-electron chi connectivity index (χ1n) is 10.7. The van der Waals surface area contributed by atoms with Crippen molar-refractivity contribution in [2.24, 2.45) is 0 Å². The van der Waals surface area contributed by atoms with E-state index >= 15 is 0 Å². The van der Waals surface area contributed by atoms with E-state index in [-0.39, 0.29) is 33.7 Å². The van der Waals surface area contributed by atoms with Crippen LogP contribution in [-0.2, 0) is 10.9 Å². The smallest absolute Gasteiger partial charge is 0.417 e. The number of nitrogens with zero attached hydrogens (tertiary/aromatic N) is 3. The molecule has 0 spiro atoms. The van der Waals surface area contributed by atoms with Gasteiger partial charge in [-0.05, 0) is 19.4 Å². The van der Waals surface area contributed by atoms with Crippen molar-refractivity contribution in [2.75, 3.05) is 31.6 Å². The summed E-state index contributed by atoms with van der Waals surface area (Å²) in [5, 5.41) is 13.6. The van der Waals surface area contributed by atoms with Gasteiger partial charge < -0.3 is 25.0 Å². The number of carbonyl (C=O) groups excluding carboxylic acids is 2. The number of carbonyl (C=O) groups is 2. The maximum atomic E-state index is 13.7. The number of aliphatic hydroxyl groups excluding tert-OH is 1. The Labute approximate surface area is 192 Å². The SMILES string of the molecule is CNC(=O)c1csc2c(C(F)(F)F)cc(N3CCC(OC(=O)N4CC[C@H](O)[C@@H]4C)CC3)nc12. The van der Waals surface area contributed by atoms with Crippen molar-refractivity contribution < 1.29 is 32.6 Å². The Balaban J connectivity index is 1.51. The molecule has 4 rings (SSSR count). The van der Waals surface area contributed by atoms with Gasteiger partial charge in [-0.15, -0.1) is 11.3 Å². The number of aliphatic hydroxyl groups is 1. The van der Waals surface area contributed by atoms with Gasteiger partial charge in [-0.1, -0.05) is 0 Å². The number of nitrogens with one attached hydrogen (secondary N) is 1. The molecule has 2 aromatic rings. The van der Waals surface area contributed by atoms with Crippen molar-refractivity contribution in [1.82, 2.24) is 15.2 Å². The Morgan fingerprint density at radius 3 is 2.52 bits per heavy atom. The fourth-order valence-electron chi connectivity index (χ4n) is 4.26. The predicted octanol–water partition coefficient (Wildman–Crippen LogP) is 3.24. The lowest BCUT2D eigenvalue weighted by Crippen LogP contribution is -2.43. The predicted molar refractivity (Wildman–Crippen MR) is 117 cm³/mol. The Kier molecular flexibility index (Phi) is 6.41. The molecule has 4 heterocycles. The Morgan fingerprint density at radius 1 is 1.24 bits per heavy atom. The molecule has 8 nitrogen and oxygen atoms in total. The van der Waals surface area contributed by atoms with E-state index in [0.717, 1.165) is 17.4 Å². The summed E-state index contributed by atoms with van der Waals surface area (Å²) >= 11 is 0.844. The van der Waals surface area contributed by atoms with Gasteiger partial charge in [0.2, 0.25) is 0 Å². The van der Waals surface area contributed by atoms with Crippen LogP contribution in [0.25, 0.3) is 10.2 Å². The number of aromatic nitrogens is 1. The van der Waals surface area contributed by atoms with Crippen molar-refractivity contribution in [3.63, 3.8) is 0 Å². The number of halogens is 3. The average molecular weight is 487 g/mol. The fraction of sp³-hybridized carbons (Fsp3) is 0.571. The topological polar surface area (TPSA) is 95.0 Å². The summed E-state index contributed by atoms with van der Waals surface area (Å²) in [6.07, 6.45) is -4.64. The minimum Gasteiger partial charge on any atom is -0.446 e. The number of thiophene rings is 1. The quantitative estimate of drug-likeness (QED) is 0.692. The first-order chi connectivity index (χ1) is 15.6. The molecule has 33 heavy (non-hydrogen) atoms. The normalized spacial score (nSPS) is 22.1. The zero-order valence-electron chi connectivity index (χ0n) is 18.2. The number of likely N-dealkylation sites (tertiary alicyclic amines) is 1. The molecule has 2 aliphatic rings. The Morgan fingerprint density at radius 2 is 1.94 bits per heavy atom. The highest BCUT2D eigenvalue weighted by molar-refractivity contribution is 7.17. The maximum Gasteiger partial charge on any atom is 0.417 e. The van der Waals surface area contributed by atoms with Crippen LogP contribution in [-0.4, -0.2) is 71.9 Å². The minimum absolute atomic E-state index is 0.0271. The van der Waals surface area contributed by atoms with E-state index in [9.17, 15) is 27.9 Å². The van der Waals surface area contributed by atoms with Gasteiger partial charge >= 0.3 is 12.3 Å². The number of piperidine rings is 1. The number of pyridine rings is 1. The largest absolute Gasteiger partial charge is 0.446 e. The zero-order valence-corrected chi connectivity index (χ0v) is 19.0. The van der Waals surface area contributed by atoms with Crippen molar-refractivity contribution in [1.29, 1.82) is 0 Å². The molecule has 12 heteroatoms. The van der Waals surface area contributed by atoms with Crippen molar-refractivity contribution >= 4 is 39.4 Å². The molecule has 2 atom stereocenters. The van der Waals surface area contributed by atoms with Crippen LogP contribution in [0.5, 0.6) is 0 Å². The van der Waals surface area contributed by atoms with Crippen molar-refractivity contribution in [3.05, 3.63) is 22.6 Å². The first-order valence-corrected chi connectivity index (χ1v) is 11.6. The van der Waals surface area contributed by atoms with Crippen LogP contribution in [0.15, 0.2) is 11.4 Å². The minimum atomic E-state index is -4.59. The molecule has 0 aromatic carbocycles. The summed E-state index contributed by atoms with van der Waals surface area (Å²) in [5.41, 5.74) is -0.687. The van der Waals surface area contributed by atoms with E-state index in [2.05, 4.69) is 10.3 Å². The van der Waals surface area contributed by atoms with Crippen LogP contribution in [0.4, 0.5) is 23.8 Å². The molecule has 0 radical (unpaired) electrons. The first kappa shape index (κ1) is 23.6. The van der Waals surface area contributed by atoms with E-state index in [1.165, 1.54) is 17.3 Å². The summed E-state index contributed by atoms with van der Waals surface area (Å²) in [7, 11) is 1.41. The molecular weight excluding hydrogens is 461 g/mol. The van der Waals surface area contributed by atoms with Crippen LogP contribution >= 0.6 is 11.3 Å². The van der Waals surface area contributed by atoms with Gasteiger partial charge in [0, 0.05) is 44.9 Å². The number of hydrogen-bond acceptors (Lipinski definition) is 7. The maximum absolute atomic E-state index is 13.7. The van der Waals surface area contributed by atoms with E-state index in [1.807, 2.05) is 0 Å². The highest BCUT2D eigenvalue weighted by atomic mass is 32.1. The highest BCUT2D eigenvalue weighted by Crippen LogP contribution is 2.40. The lowest BCUT2D eigenvalue weighted by Gasteiger charge is -2.34. The van der Waals surface area contributed by atoms with Gasteiger partial charge in [0.25, 0.3) is 5.91 Å². The summed E-state index contributed by atoms with van der Waals surface area (Å²) in [5.74, 6) is -0.356. The summed E-state index contributed by atoms with van der Waals surface area (Å²) in [6.45, 7) is 2.90. The van der Waals surface area contributed by atoms with Crippen LogP contribution in [0.3, 0.4) is 0 Å². The Bertz CT molecular complexity index is 1050. The van der Waals surface area contributed by atoms with E-state index in [1.54, 1.807) is 11.8 Å². The molecule has 2 aliphatic heterocycles. The molecule has 2 aromatic heterocycles. The number of rotatable bonds is 3. The molecule has 0 bridgehead atoms. The van der Waals surface area contributed by atoms with E-state index in [4.69, 9.17) is 4.74 Å². The van der Waals surface area contributed by atoms with Crippen LogP contribution in [0.1, 0.15) is 42.1 Å². The third kappa shape index (κ3) is 4.58. The van der Waals surface area contributed by atoms with Crippen molar-refractivity contribution in [3.8, 4) is 0 Å². The fourth-order valence-corrected chi connectivity index (χ4v) is 5.28. The molecule has 2 fully saturated rings. The second kappa shape index (κ2) is 8.98. The number of alkyl halides is 3. The molecule has 2 amide bonds. The van der Waals surface area contributed by atoms with Crippen molar-refractivity contribution in [2.45, 2.75) is 50.6 Å². The third-order valence-corrected chi connectivity index (χ3v) is 7.27. The number of ether oxygens (including phenoxy) is 1. The monoisotopic (exact) mass is 486 g/mol. The van der Waals surface area contributed by atoms with Gasteiger partial charge in [0.1, 0.15) is 11.9 Å². The number of hydrogen-bond donors (Lipinski definition) is 2. The molecule has 2 saturated heterocycles. The molecule has 0 aliphatic carbocycles. The second-order valence-electron chi connectivity index (χ2n) is 8.29. The zero-order chi connectivity index (χ0) is 23.9. The Hall–Kier alpha value is -2.60. The second-order valence-corrected chi connectivity index (χ2v) is 9.17. The van der Waals surface area contributed by atoms with E-state index in [0.29, 0.717) is 38.9 Å². The third-order valence-electron chi connectivity index (χ3n) is 6.27. The lowest BCUT2D eigenvalue weighted by molar-refractivity contribution is -0.136. The summed E-state index contributed by atoms with van der Waals surface area (Å²) < 4.78 is 46.8. The molecule has 2 N–H and O–H groups in total. The van der Waals surface area contributed by atoms with Gasteiger partial charge in [0.15, 0.2) is 0 Å². The highest BCUT2D eigenvalue weighted by Gasteiger charge is 2.37. The average Bonchev–Trinajstić information content (AvgIpc) is 3.35. The summed E-state index contributed by atoms with van der Waals surface area (Å²) in [4.78, 5) is 32.2. The number of amides is 2. The molecule has 180 valence electrons. The van der Waals surface area contributed by atoms with Crippen LogP contribution in [0, 0.1) is 0 Å². The van der Waals surface area contributed by atoms with Crippen LogP contribution < -0.4 is 10.2 Å². The summed E-state index contributed by atoms with van der Waals surface area (Å²) in [6, 6.07) is 0.709. The van der Waals surface area contributed by atoms with Gasteiger partial charge in [-0.2, -0.15) is 13.2 Å². The molecular formula is C21H25F3N4O4S. The van der Waals surface area contributed by atoms with Gasteiger partial charge in [-0.3, -0.25) is 4.79 Å². The standard InChI is InChI=1S/C21H25F3N4O4S/c1-11-15(29)5-8-28(11)20(31)32-12-3-6-27(7-4-12)16-9-14(21(22,23)24)18-17(26-16)13(10-33-18)19(30)25-2/h9-12,15,29H,3-8H2,1-2H3,(H,25,30)/t11-,15-/m0/s1. The number of anilines is 1. The lowest BCUT2D eigenvalue weighted by atomic mass is 10.1.